The van der Waals surface area contributed by atoms with E-state index < -0.39 is 0 Å². The predicted molar refractivity (Wildman–Crippen MR) is 172 cm³/mol. The van der Waals surface area contributed by atoms with Crippen molar-refractivity contribution in [2.45, 2.75) is 12.8 Å². The highest BCUT2D eigenvalue weighted by Gasteiger charge is 2.14. The van der Waals surface area contributed by atoms with Gasteiger partial charge < -0.3 is 29.0 Å². The van der Waals surface area contributed by atoms with Gasteiger partial charge in [-0.15, -0.1) is 0 Å². The summed E-state index contributed by atoms with van der Waals surface area (Å²) in [7, 11) is 7.28. The second-order valence-corrected chi connectivity index (χ2v) is 10.6. The molecule has 0 spiro atoms. The molecule has 8 nitrogen and oxygen atoms in total. The number of aromatic nitrogens is 1. The van der Waals surface area contributed by atoms with Gasteiger partial charge in [0.15, 0.2) is 16.9 Å². The van der Waals surface area contributed by atoms with Gasteiger partial charge in [0.05, 0.1) is 31.7 Å². The molecule has 8 heteroatoms. The number of amides is 1. The standard InChI is InChI=1S/C35H37N3O5/c1-37(19-18-24-12-17-31(41-3)32(22-24)42-4)20-21-43-27-15-13-26(14-16-27)36-33(39)23-25-8-7-10-29-34(25)38(2)30-11-6-5-9-28(30)35(29)40/h5-17,22H,18-21,23H2,1-4H3,(H,36,39). The summed E-state index contributed by atoms with van der Waals surface area (Å²) >= 11 is 0. The molecule has 0 saturated carbocycles. The number of fused-ring (bicyclic) bond motifs is 2. The molecule has 222 valence electrons. The Hall–Kier alpha value is -4.82. The van der Waals surface area contributed by atoms with Gasteiger partial charge in [-0.25, -0.2) is 0 Å². The van der Waals surface area contributed by atoms with Gasteiger partial charge in [0, 0.05) is 36.6 Å². The third-order valence-electron chi connectivity index (χ3n) is 7.67. The normalized spacial score (nSPS) is 11.2. The van der Waals surface area contributed by atoms with Crippen LogP contribution < -0.4 is 25.0 Å². The third-order valence-corrected chi connectivity index (χ3v) is 7.67. The van der Waals surface area contributed by atoms with Crippen LogP contribution in [-0.2, 0) is 24.7 Å². The number of nitrogens with zero attached hydrogens (tertiary/aromatic N) is 2. The van der Waals surface area contributed by atoms with E-state index in [2.05, 4.69) is 23.3 Å². The fourth-order valence-corrected chi connectivity index (χ4v) is 5.34. The van der Waals surface area contributed by atoms with E-state index in [1.165, 1.54) is 5.56 Å². The van der Waals surface area contributed by atoms with Crippen molar-refractivity contribution >= 4 is 33.4 Å². The molecule has 0 aliphatic rings. The average molecular weight is 580 g/mol. The van der Waals surface area contributed by atoms with Crippen molar-refractivity contribution in [3.63, 3.8) is 0 Å². The summed E-state index contributed by atoms with van der Waals surface area (Å²) < 4.78 is 18.6. The number of hydrogen-bond donors (Lipinski definition) is 1. The van der Waals surface area contributed by atoms with Crippen LogP contribution in [0.3, 0.4) is 0 Å². The third kappa shape index (κ3) is 6.81. The summed E-state index contributed by atoms with van der Waals surface area (Å²) in [6.07, 6.45) is 1.04. The molecule has 1 heterocycles. The number of carbonyl (C=O) groups excluding carboxylic acids is 1. The summed E-state index contributed by atoms with van der Waals surface area (Å²) in [5.41, 5.74) is 4.26. The molecule has 0 atom stereocenters. The lowest BCUT2D eigenvalue weighted by Gasteiger charge is -2.17. The molecule has 0 aliphatic carbocycles. The van der Waals surface area contributed by atoms with Crippen LogP contribution in [0.25, 0.3) is 21.8 Å². The molecular weight excluding hydrogens is 542 g/mol. The molecule has 0 radical (unpaired) electrons. The van der Waals surface area contributed by atoms with Gasteiger partial charge in [-0.05, 0) is 79.2 Å². The number of anilines is 1. The summed E-state index contributed by atoms with van der Waals surface area (Å²) in [5.74, 6) is 2.05. The number of ether oxygens (including phenoxy) is 3. The van der Waals surface area contributed by atoms with E-state index in [0.29, 0.717) is 23.1 Å². The Labute approximate surface area is 251 Å². The Morgan fingerprint density at radius 1 is 0.860 bits per heavy atom. The quantitative estimate of drug-likeness (QED) is 0.198. The Bertz CT molecular complexity index is 1800. The van der Waals surface area contributed by atoms with E-state index in [1.54, 1.807) is 14.2 Å². The number of aryl methyl sites for hydroxylation is 1. The molecule has 1 N–H and O–H groups in total. The van der Waals surface area contributed by atoms with E-state index in [0.717, 1.165) is 53.4 Å². The van der Waals surface area contributed by atoms with E-state index in [9.17, 15) is 9.59 Å². The molecule has 5 aromatic rings. The lowest BCUT2D eigenvalue weighted by atomic mass is 10.0. The summed E-state index contributed by atoms with van der Waals surface area (Å²) in [5, 5.41) is 4.25. The zero-order chi connectivity index (χ0) is 30.3. The van der Waals surface area contributed by atoms with Crippen LogP contribution in [0.15, 0.2) is 89.7 Å². The minimum atomic E-state index is -0.155. The largest absolute Gasteiger partial charge is 0.493 e. The van der Waals surface area contributed by atoms with Gasteiger partial charge in [0.2, 0.25) is 5.91 Å². The maximum Gasteiger partial charge on any atom is 0.228 e. The van der Waals surface area contributed by atoms with Crippen LogP contribution >= 0.6 is 0 Å². The van der Waals surface area contributed by atoms with Gasteiger partial charge in [-0.2, -0.15) is 0 Å². The number of para-hydroxylation sites is 2. The Balaban J connectivity index is 1.13. The first-order valence-electron chi connectivity index (χ1n) is 14.3. The lowest BCUT2D eigenvalue weighted by Crippen LogP contribution is -2.26. The number of likely N-dealkylation sites (N-methyl/N-ethyl adjacent to an activating group) is 1. The maximum absolute atomic E-state index is 13.1. The fourth-order valence-electron chi connectivity index (χ4n) is 5.34. The highest BCUT2D eigenvalue weighted by atomic mass is 16.5. The lowest BCUT2D eigenvalue weighted by molar-refractivity contribution is -0.115. The second-order valence-electron chi connectivity index (χ2n) is 10.6. The molecule has 0 fully saturated rings. The van der Waals surface area contributed by atoms with Crippen molar-refractivity contribution in [3.05, 3.63) is 106 Å². The highest BCUT2D eigenvalue weighted by molar-refractivity contribution is 5.98. The van der Waals surface area contributed by atoms with Crippen molar-refractivity contribution < 1.29 is 19.0 Å². The molecule has 1 amide bonds. The molecule has 0 aliphatic heterocycles. The maximum atomic E-state index is 13.1. The first kappa shape index (κ1) is 29.7. The van der Waals surface area contributed by atoms with E-state index >= 15 is 0 Å². The van der Waals surface area contributed by atoms with E-state index in [-0.39, 0.29) is 17.8 Å². The zero-order valence-electron chi connectivity index (χ0n) is 25.1. The van der Waals surface area contributed by atoms with Gasteiger partial charge in [-0.1, -0.05) is 30.3 Å². The van der Waals surface area contributed by atoms with Gasteiger partial charge in [0.25, 0.3) is 0 Å². The number of methoxy groups -OCH3 is 2. The SMILES string of the molecule is COc1ccc(CCN(C)CCOc2ccc(NC(=O)Cc3cccc4c(=O)c5ccccc5n(C)c34)cc2)cc1OC. The van der Waals surface area contributed by atoms with E-state index in [4.69, 9.17) is 14.2 Å². The molecular formula is C35H37N3O5. The van der Waals surface area contributed by atoms with Crippen molar-refractivity contribution in [2.75, 3.05) is 46.3 Å². The highest BCUT2D eigenvalue weighted by Crippen LogP contribution is 2.28. The number of hydrogen-bond acceptors (Lipinski definition) is 6. The Morgan fingerprint density at radius 3 is 2.37 bits per heavy atom. The number of carbonyl (C=O) groups is 1. The number of benzene rings is 4. The van der Waals surface area contributed by atoms with Crippen LogP contribution in [0.2, 0.25) is 0 Å². The van der Waals surface area contributed by atoms with Crippen molar-refractivity contribution in [2.24, 2.45) is 7.05 Å². The Kier molecular flexibility index (Phi) is 9.27. The molecule has 0 unspecified atom stereocenters. The summed E-state index contributed by atoms with van der Waals surface area (Å²) in [6, 6.07) is 26.5. The monoisotopic (exact) mass is 579 g/mol. The first-order valence-corrected chi connectivity index (χ1v) is 14.3. The molecule has 4 aromatic carbocycles. The van der Waals surface area contributed by atoms with Gasteiger partial charge >= 0.3 is 0 Å². The molecule has 0 bridgehead atoms. The van der Waals surface area contributed by atoms with Crippen LogP contribution in [0.5, 0.6) is 17.2 Å². The number of nitrogens with one attached hydrogen (secondary N) is 1. The molecule has 0 saturated heterocycles. The van der Waals surface area contributed by atoms with Crippen LogP contribution in [-0.4, -0.2) is 56.3 Å². The molecule has 5 rings (SSSR count). The molecule has 1 aromatic heterocycles. The van der Waals surface area contributed by atoms with Crippen LogP contribution in [0.4, 0.5) is 5.69 Å². The van der Waals surface area contributed by atoms with Gasteiger partial charge in [-0.3, -0.25) is 9.59 Å². The van der Waals surface area contributed by atoms with E-state index in [1.807, 2.05) is 90.5 Å². The van der Waals surface area contributed by atoms with Crippen molar-refractivity contribution in [3.8, 4) is 17.2 Å². The van der Waals surface area contributed by atoms with Crippen LogP contribution in [0, 0.1) is 0 Å². The van der Waals surface area contributed by atoms with Crippen molar-refractivity contribution in [1.82, 2.24) is 9.47 Å². The molecule has 43 heavy (non-hydrogen) atoms. The van der Waals surface area contributed by atoms with Crippen molar-refractivity contribution in [1.29, 1.82) is 0 Å². The number of rotatable bonds is 12. The summed E-state index contributed by atoms with van der Waals surface area (Å²) in [6.45, 7) is 2.20. The first-order chi connectivity index (χ1) is 20.9. The summed E-state index contributed by atoms with van der Waals surface area (Å²) in [4.78, 5) is 28.3. The smallest absolute Gasteiger partial charge is 0.228 e. The topological polar surface area (TPSA) is 82.0 Å². The number of pyridine rings is 1. The second kappa shape index (κ2) is 13.4. The minimum absolute atomic E-state index is 0.0225. The predicted octanol–water partition coefficient (Wildman–Crippen LogP) is 5.44. The minimum Gasteiger partial charge on any atom is -0.493 e. The van der Waals surface area contributed by atoms with Gasteiger partial charge in [0.1, 0.15) is 12.4 Å². The fraction of sp³-hybridized carbons (Fsp3) is 0.257. The van der Waals surface area contributed by atoms with Crippen LogP contribution in [0.1, 0.15) is 11.1 Å². The Morgan fingerprint density at radius 2 is 1.60 bits per heavy atom. The zero-order valence-corrected chi connectivity index (χ0v) is 25.1. The average Bonchev–Trinajstić information content (AvgIpc) is 3.03.